The molecule has 3 nitrogen and oxygen atoms in total. The van der Waals surface area contributed by atoms with E-state index in [1.54, 1.807) is 0 Å². The normalized spacial score (nSPS) is 12.6. The Bertz CT molecular complexity index is 414. The molecule has 1 rings (SSSR count). The van der Waals surface area contributed by atoms with Crippen molar-refractivity contribution in [1.29, 1.82) is 0 Å². The fraction of sp³-hybridized carbons (Fsp3) is 0.722. The molecule has 0 aromatic carbocycles. The summed E-state index contributed by atoms with van der Waals surface area (Å²) in [4.78, 5) is 0. The van der Waals surface area contributed by atoms with Crippen LogP contribution in [0.4, 0.5) is 0 Å². The van der Waals surface area contributed by atoms with E-state index >= 15 is 0 Å². The van der Waals surface area contributed by atoms with Crippen molar-refractivity contribution in [3.05, 3.63) is 29.6 Å². The fourth-order valence-electron chi connectivity index (χ4n) is 2.51. The molecule has 3 heteroatoms. The third kappa shape index (κ3) is 6.94. The third-order valence-electron chi connectivity index (χ3n) is 3.81. The average Bonchev–Trinajstić information content (AvgIpc) is 2.87. The van der Waals surface area contributed by atoms with Gasteiger partial charge in [0.1, 0.15) is 0 Å². The van der Waals surface area contributed by atoms with Crippen molar-refractivity contribution in [2.24, 2.45) is 5.92 Å². The minimum atomic E-state index is 0.545. The van der Waals surface area contributed by atoms with Crippen molar-refractivity contribution >= 4 is 0 Å². The molecule has 0 aliphatic carbocycles. The van der Waals surface area contributed by atoms with E-state index in [1.807, 2.05) is 0 Å². The van der Waals surface area contributed by atoms with Crippen LogP contribution in [0.1, 0.15) is 65.6 Å². The second kappa shape index (κ2) is 9.78. The molecule has 0 bridgehead atoms. The third-order valence-corrected chi connectivity index (χ3v) is 3.81. The molecule has 1 aromatic rings. The second-order valence-corrected chi connectivity index (χ2v) is 6.37. The van der Waals surface area contributed by atoms with Crippen LogP contribution in [-0.2, 0) is 6.42 Å². The van der Waals surface area contributed by atoms with E-state index in [0.29, 0.717) is 6.04 Å². The fourth-order valence-corrected chi connectivity index (χ4v) is 2.51. The van der Waals surface area contributed by atoms with Crippen LogP contribution in [0.3, 0.4) is 0 Å². The maximum Gasteiger partial charge on any atom is 0.0664 e. The zero-order valence-corrected chi connectivity index (χ0v) is 14.5. The lowest BCUT2D eigenvalue weighted by Crippen LogP contribution is -2.20. The molecule has 1 heterocycles. The van der Waals surface area contributed by atoms with Crippen molar-refractivity contribution in [2.75, 3.05) is 13.1 Å². The highest BCUT2D eigenvalue weighted by molar-refractivity contribution is 5.12. The molecule has 1 N–H and O–H groups in total. The summed E-state index contributed by atoms with van der Waals surface area (Å²) in [5, 5.41) is 8.19. The lowest BCUT2D eigenvalue weighted by molar-refractivity contribution is 0.426. The molecule has 0 spiro atoms. The van der Waals surface area contributed by atoms with Gasteiger partial charge in [-0.2, -0.15) is 5.10 Å². The van der Waals surface area contributed by atoms with E-state index in [0.717, 1.165) is 44.7 Å². The molecule has 0 unspecified atom stereocenters. The highest BCUT2D eigenvalue weighted by Crippen LogP contribution is 2.15. The van der Waals surface area contributed by atoms with E-state index in [2.05, 4.69) is 63.0 Å². The number of nitrogens with zero attached hydrogens (tertiary/aromatic N) is 2. The first-order chi connectivity index (χ1) is 10.1. The standard InChI is InChI=1S/C18H33N3/c1-6-18(7-2)21-12-10-17(20-21)13-16(5)9-8-11-19-14-15(3)4/h9-10,12,15,18-19H,6-8,11,13-14H2,1-5H3. The van der Waals surface area contributed by atoms with Gasteiger partial charge in [0.25, 0.3) is 0 Å². The predicted molar refractivity (Wildman–Crippen MR) is 91.6 cm³/mol. The van der Waals surface area contributed by atoms with Gasteiger partial charge >= 0.3 is 0 Å². The molecule has 0 saturated carbocycles. The van der Waals surface area contributed by atoms with Crippen molar-refractivity contribution < 1.29 is 0 Å². The summed E-state index contributed by atoms with van der Waals surface area (Å²) in [7, 11) is 0. The number of nitrogens with one attached hydrogen (secondary N) is 1. The molecule has 21 heavy (non-hydrogen) atoms. The monoisotopic (exact) mass is 291 g/mol. The van der Waals surface area contributed by atoms with Crippen LogP contribution in [-0.4, -0.2) is 22.9 Å². The Labute approximate surface area is 130 Å². The van der Waals surface area contributed by atoms with Crippen molar-refractivity contribution in [3.63, 3.8) is 0 Å². The summed E-state index contributed by atoms with van der Waals surface area (Å²) >= 11 is 0. The van der Waals surface area contributed by atoms with E-state index in [-0.39, 0.29) is 0 Å². The van der Waals surface area contributed by atoms with Crippen LogP contribution in [0, 0.1) is 5.92 Å². The van der Waals surface area contributed by atoms with Gasteiger partial charge in [-0.25, -0.2) is 0 Å². The average molecular weight is 291 g/mol. The molecule has 120 valence electrons. The van der Waals surface area contributed by atoms with Gasteiger partial charge < -0.3 is 5.32 Å². The predicted octanol–water partition coefficient (Wildman–Crippen LogP) is 4.37. The first-order valence-electron chi connectivity index (χ1n) is 8.47. The van der Waals surface area contributed by atoms with Crippen molar-refractivity contribution in [3.8, 4) is 0 Å². The Kier molecular flexibility index (Phi) is 8.36. The van der Waals surface area contributed by atoms with Gasteiger partial charge in [-0.3, -0.25) is 4.68 Å². The SMILES string of the molecule is CCC(CC)n1ccc(CC(C)=CCCNCC(C)C)n1. The van der Waals surface area contributed by atoms with Crippen LogP contribution < -0.4 is 5.32 Å². The van der Waals surface area contributed by atoms with Gasteiger partial charge in [-0.05, 0) is 51.3 Å². The zero-order valence-electron chi connectivity index (χ0n) is 14.5. The number of aromatic nitrogens is 2. The maximum absolute atomic E-state index is 4.72. The van der Waals surface area contributed by atoms with Gasteiger partial charge in [0.2, 0.25) is 0 Å². The smallest absolute Gasteiger partial charge is 0.0664 e. The highest BCUT2D eigenvalue weighted by Gasteiger charge is 2.07. The Balaban J connectivity index is 2.38. The van der Waals surface area contributed by atoms with Gasteiger partial charge in [-0.1, -0.05) is 39.3 Å². The van der Waals surface area contributed by atoms with Gasteiger partial charge in [-0.15, -0.1) is 0 Å². The van der Waals surface area contributed by atoms with Crippen LogP contribution in [0.5, 0.6) is 0 Å². The Morgan fingerprint density at radius 1 is 1.33 bits per heavy atom. The summed E-state index contributed by atoms with van der Waals surface area (Å²) in [6, 6.07) is 2.70. The first kappa shape index (κ1) is 18.0. The number of hydrogen-bond acceptors (Lipinski definition) is 2. The molecule has 0 radical (unpaired) electrons. The van der Waals surface area contributed by atoms with Crippen molar-refractivity contribution in [1.82, 2.24) is 15.1 Å². The van der Waals surface area contributed by atoms with Crippen LogP contribution in [0.25, 0.3) is 0 Å². The Morgan fingerprint density at radius 3 is 2.67 bits per heavy atom. The van der Waals surface area contributed by atoms with Crippen LogP contribution >= 0.6 is 0 Å². The van der Waals surface area contributed by atoms with Crippen LogP contribution in [0.2, 0.25) is 0 Å². The van der Waals surface area contributed by atoms with E-state index in [1.165, 1.54) is 11.3 Å². The van der Waals surface area contributed by atoms with Gasteiger partial charge in [0.05, 0.1) is 11.7 Å². The molecular weight excluding hydrogens is 258 g/mol. The molecule has 0 atom stereocenters. The summed E-state index contributed by atoms with van der Waals surface area (Å²) in [5.41, 5.74) is 2.60. The van der Waals surface area contributed by atoms with E-state index in [9.17, 15) is 0 Å². The summed E-state index contributed by atoms with van der Waals surface area (Å²) in [5.74, 6) is 0.726. The largest absolute Gasteiger partial charge is 0.316 e. The van der Waals surface area contributed by atoms with Gasteiger partial charge in [0, 0.05) is 12.6 Å². The summed E-state index contributed by atoms with van der Waals surface area (Å²) in [6.07, 6.45) is 8.83. The molecule has 1 aromatic heterocycles. The number of rotatable bonds is 10. The molecule has 0 aliphatic heterocycles. The Hall–Kier alpha value is -1.09. The number of hydrogen-bond donors (Lipinski definition) is 1. The molecule has 0 fully saturated rings. The minimum absolute atomic E-state index is 0.545. The van der Waals surface area contributed by atoms with E-state index < -0.39 is 0 Å². The second-order valence-electron chi connectivity index (χ2n) is 6.37. The van der Waals surface area contributed by atoms with Crippen LogP contribution in [0.15, 0.2) is 23.9 Å². The topological polar surface area (TPSA) is 29.9 Å². The molecule has 0 amide bonds. The number of allylic oxidation sites excluding steroid dienone is 1. The van der Waals surface area contributed by atoms with Crippen molar-refractivity contribution in [2.45, 2.75) is 66.3 Å². The first-order valence-corrected chi connectivity index (χ1v) is 8.47. The van der Waals surface area contributed by atoms with E-state index in [4.69, 9.17) is 5.10 Å². The highest BCUT2D eigenvalue weighted by atomic mass is 15.3. The van der Waals surface area contributed by atoms with Gasteiger partial charge in [0.15, 0.2) is 0 Å². The quantitative estimate of drug-likeness (QED) is 0.512. The zero-order chi connectivity index (χ0) is 15.7. The lowest BCUT2D eigenvalue weighted by Gasteiger charge is -2.12. The molecule has 0 aliphatic rings. The molecular formula is C18H33N3. The lowest BCUT2D eigenvalue weighted by atomic mass is 10.1. The summed E-state index contributed by atoms with van der Waals surface area (Å²) < 4.78 is 2.13. The minimum Gasteiger partial charge on any atom is -0.316 e. The summed E-state index contributed by atoms with van der Waals surface area (Å²) in [6.45, 7) is 13.3. The maximum atomic E-state index is 4.72. The Morgan fingerprint density at radius 2 is 2.05 bits per heavy atom. The molecule has 0 saturated heterocycles.